The van der Waals surface area contributed by atoms with Crippen molar-refractivity contribution in [3.63, 3.8) is 0 Å². The summed E-state index contributed by atoms with van der Waals surface area (Å²) in [5, 5.41) is 11.6. The fourth-order valence-corrected chi connectivity index (χ4v) is 1.63. The summed E-state index contributed by atoms with van der Waals surface area (Å²) in [5.74, 6) is 1.42. The summed E-state index contributed by atoms with van der Waals surface area (Å²) < 4.78 is 6.62. The van der Waals surface area contributed by atoms with Gasteiger partial charge in [-0.2, -0.15) is 4.80 Å². The van der Waals surface area contributed by atoms with Crippen molar-refractivity contribution in [1.29, 1.82) is 0 Å². The third-order valence-corrected chi connectivity index (χ3v) is 2.63. The molecule has 1 aromatic heterocycles. The molecule has 0 aliphatic carbocycles. The van der Waals surface area contributed by atoms with Crippen molar-refractivity contribution in [2.45, 2.75) is 6.61 Å². The first-order valence-electron chi connectivity index (χ1n) is 4.36. The summed E-state index contributed by atoms with van der Waals surface area (Å²) in [5.41, 5.74) is 0. The summed E-state index contributed by atoms with van der Waals surface area (Å²) >= 11 is 2.22. The van der Waals surface area contributed by atoms with Gasteiger partial charge in [0.2, 0.25) is 5.82 Å². The van der Waals surface area contributed by atoms with Crippen molar-refractivity contribution < 1.29 is 4.74 Å². The Morgan fingerprint density at radius 1 is 1.40 bits per heavy atom. The van der Waals surface area contributed by atoms with Crippen LogP contribution in [0.25, 0.3) is 0 Å². The van der Waals surface area contributed by atoms with Gasteiger partial charge >= 0.3 is 0 Å². The molecule has 0 fully saturated rings. The molecular weight excluding hydrogens is 307 g/mol. The van der Waals surface area contributed by atoms with E-state index in [1.165, 1.54) is 4.80 Å². The van der Waals surface area contributed by atoms with E-state index in [1.807, 2.05) is 24.3 Å². The zero-order valence-electron chi connectivity index (χ0n) is 8.09. The lowest BCUT2D eigenvalue weighted by molar-refractivity contribution is 0.293. The van der Waals surface area contributed by atoms with Crippen molar-refractivity contribution in [1.82, 2.24) is 20.2 Å². The van der Waals surface area contributed by atoms with Gasteiger partial charge in [-0.1, -0.05) is 12.1 Å². The van der Waals surface area contributed by atoms with Crippen molar-refractivity contribution in [3.05, 3.63) is 33.7 Å². The van der Waals surface area contributed by atoms with Crippen LogP contribution in [0.4, 0.5) is 0 Å². The van der Waals surface area contributed by atoms with Crippen LogP contribution in [0.5, 0.6) is 5.75 Å². The van der Waals surface area contributed by atoms with Crippen LogP contribution in [0.2, 0.25) is 0 Å². The maximum absolute atomic E-state index is 5.55. The second-order valence-electron chi connectivity index (χ2n) is 2.91. The zero-order valence-corrected chi connectivity index (χ0v) is 10.2. The van der Waals surface area contributed by atoms with Crippen LogP contribution in [0.1, 0.15) is 5.82 Å². The molecule has 78 valence electrons. The van der Waals surface area contributed by atoms with E-state index in [2.05, 4.69) is 38.0 Å². The zero-order chi connectivity index (χ0) is 10.7. The van der Waals surface area contributed by atoms with Gasteiger partial charge in [-0.3, -0.25) is 0 Å². The number of aryl methyl sites for hydroxylation is 1. The molecule has 0 amide bonds. The molecular formula is C9H9IN4O. The van der Waals surface area contributed by atoms with Crippen LogP contribution >= 0.6 is 22.6 Å². The molecule has 0 spiro atoms. The van der Waals surface area contributed by atoms with Crippen LogP contribution in [0, 0.1) is 3.57 Å². The molecule has 0 bridgehead atoms. The fourth-order valence-electron chi connectivity index (χ4n) is 1.09. The topological polar surface area (TPSA) is 52.8 Å². The van der Waals surface area contributed by atoms with E-state index in [4.69, 9.17) is 4.74 Å². The van der Waals surface area contributed by atoms with E-state index in [0.29, 0.717) is 12.4 Å². The molecule has 1 heterocycles. The second kappa shape index (κ2) is 4.56. The number of ether oxygens (including phenoxy) is 1. The molecule has 2 rings (SSSR count). The van der Waals surface area contributed by atoms with E-state index < -0.39 is 0 Å². The van der Waals surface area contributed by atoms with Crippen molar-refractivity contribution in [2.75, 3.05) is 0 Å². The Morgan fingerprint density at radius 2 is 2.20 bits per heavy atom. The van der Waals surface area contributed by atoms with Crippen molar-refractivity contribution >= 4 is 22.6 Å². The Morgan fingerprint density at radius 3 is 2.87 bits per heavy atom. The molecule has 1 aromatic carbocycles. The Labute approximate surface area is 101 Å². The number of hydrogen-bond acceptors (Lipinski definition) is 4. The smallest absolute Gasteiger partial charge is 0.212 e. The highest BCUT2D eigenvalue weighted by Crippen LogP contribution is 2.20. The third-order valence-electron chi connectivity index (χ3n) is 1.74. The van der Waals surface area contributed by atoms with E-state index in [0.717, 1.165) is 9.32 Å². The first-order valence-corrected chi connectivity index (χ1v) is 5.44. The highest BCUT2D eigenvalue weighted by molar-refractivity contribution is 14.1. The molecule has 2 aromatic rings. The summed E-state index contributed by atoms with van der Waals surface area (Å²) in [6, 6.07) is 7.80. The Bertz CT molecular complexity index is 457. The van der Waals surface area contributed by atoms with Gasteiger partial charge in [0, 0.05) is 0 Å². The predicted octanol–water partition coefficient (Wildman–Crippen LogP) is 1.39. The number of halogens is 1. The second-order valence-corrected chi connectivity index (χ2v) is 4.08. The largest absolute Gasteiger partial charge is 0.484 e. The van der Waals surface area contributed by atoms with E-state index in [1.54, 1.807) is 7.05 Å². The molecule has 0 aliphatic rings. The maximum Gasteiger partial charge on any atom is 0.212 e. The van der Waals surface area contributed by atoms with Gasteiger partial charge in [0.25, 0.3) is 0 Å². The van der Waals surface area contributed by atoms with Gasteiger partial charge < -0.3 is 4.74 Å². The van der Waals surface area contributed by atoms with Crippen LogP contribution in [-0.4, -0.2) is 20.2 Å². The van der Waals surface area contributed by atoms with Crippen molar-refractivity contribution in [3.8, 4) is 5.75 Å². The van der Waals surface area contributed by atoms with Gasteiger partial charge in [0.15, 0.2) is 6.61 Å². The highest BCUT2D eigenvalue weighted by atomic mass is 127. The molecule has 6 heteroatoms. The van der Waals surface area contributed by atoms with Gasteiger partial charge in [0.05, 0.1) is 10.6 Å². The molecule has 0 saturated carbocycles. The number of tetrazole rings is 1. The molecule has 0 N–H and O–H groups in total. The monoisotopic (exact) mass is 316 g/mol. The maximum atomic E-state index is 5.55. The molecule has 0 aliphatic heterocycles. The lowest BCUT2D eigenvalue weighted by atomic mass is 10.3. The lowest BCUT2D eigenvalue weighted by Gasteiger charge is -2.04. The molecule has 15 heavy (non-hydrogen) atoms. The number of hydrogen-bond donors (Lipinski definition) is 0. The van der Waals surface area contributed by atoms with Crippen LogP contribution in [-0.2, 0) is 13.7 Å². The number of para-hydroxylation sites is 1. The number of nitrogens with zero attached hydrogens (tertiary/aromatic N) is 4. The van der Waals surface area contributed by atoms with E-state index >= 15 is 0 Å². The minimum absolute atomic E-state index is 0.341. The standard InChI is InChI=1S/C9H9IN4O/c1-14-12-9(11-13-14)6-15-8-5-3-2-4-7(8)10/h2-5H,6H2,1H3. The quantitative estimate of drug-likeness (QED) is 0.803. The number of aromatic nitrogens is 4. The van der Waals surface area contributed by atoms with Crippen LogP contribution in [0.15, 0.2) is 24.3 Å². The first kappa shape index (κ1) is 10.3. The van der Waals surface area contributed by atoms with Gasteiger partial charge in [-0.15, -0.1) is 10.2 Å². The number of benzene rings is 1. The third kappa shape index (κ3) is 2.65. The average molecular weight is 316 g/mol. The van der Waals surface area contributed by atoms with E-state index in [9.17, 15) is 0 Å². The first-order chi connectivity index (χ1) is 7.25. The highest BCUT2D eigenvalue weighted by Gasteiger charge is 2.03. The Balaban J connectivity index is 2.02. The molecule has 0 radical (unpaired) electrons. The lowest BCUT2D eigenvalue weighted by Crippen LogP contribution is -2.00. The molecule has 0 unspecified atom stereocenters. The minimum Gasteiger partial charge on any atom is -0.484 e. The molecule has 0 saturated heterocycles. The summed E-state index contributed by atoms with van der Waals surface area (Å²) in [4.78, 5) is 1.41. The van der Waals surface area contributed by atoms with E-state index in [-0.39, 0.29) is 0 Å². The van der Waals surface area contributed by atoms with Gasteiger partial charge in [-0.05, 0) is 39.9 Å². The predicted molar refractivity (Wildman–Crippen MR) is 62.3 cm³/mol. The minimum atomic E-state index is 0.341. The SMILES string of the molecule is Cn1nnc(COc2ccccc2I)n1. The Kier molecular flexibility index (Phi) is 3.14. The normalized spacial score (nSPS) is 10.3. The van der Waals surface area contributed by atoms with Gasteiger partial charge in [0.1, 0.15) is 5.75 Å². The molecule has 0 atom stereocenters. The summed E-state index contributed by atoms with van der Waals surface area (Å²) in [6.45, 7) is 0.341. The number of rotatable bonds is 3. The van der Waals surface area contributed by atoms with Crippen LogP contribution in [0.3, 0.4) is 0 Å². The summed E-state index contributed by atoms with van der Waals surface area (Å²) in [7, 11) is 1.72. The molecule has 5 nitrogen and oxygen atoms in total. The Hall–Kier alpha value is -1.18. The van der Waals surface area contributed by atoms with Crippen LogP contribution < -0.4 is 4.74 Å². The fraction of sp³-hybridized carbons (Fsp3) is 0.222. The summed E-state index contributed by atoms with van der Waals surface area (Å²) in [6.07, 6.45) is 0. The van der Waals surface area contributed by atoms with Crippen molar-refractivity contribution in [2.24, 2.45) is 7.05 Å². The van der Waals surface area contributed by atoms with Gasteiger partial charge in [-0.25, -0.2) is 0 Å². The average Bonchev–Trinajstić information content (AvgIpc) is 2.63.